The molecular formula is C28H28N4O6S. The Hall–Kier alpha value is -4.22. The molecule has 202 valence electrons. The van der Waals surface area contributed by atoms with Crippen LogP contribution in [0.5, 0.6) is 5.75 Å². The SMILES string of the molecule is COc1cc(C(=O)NS(=O)(=O)c2ccccc2)ccc1C(N)n1cnc2ccc(C(=O)OC3CCCC3)cc21. The maximum absolute atomic E-state index is 12.8. The summed E-state index contributed by atoms with van der Waals surface area (Å²) in [5.74, 6) is -0.912. The number of sulfonamides is 1. The number of nitrogens with two attached hydrogens (primary N) is 1. The van der Waals surface area contributed by atoms with Crippen molar-refractivity contribution in [3.63, 3.8) is 0 Å². The molecule has 0 saturated heterocycles. The van der Waals surface area contributed by atoms with Crippen LogP contribution < -0.4 is 15.2 Å². The van der Waals surface area contributed by atoms with Crippen molar-refractivity contribution in [3.8, 4) is 5.75 Å². The lowest BCUT2D eigenvalue weighted by atomic mass is 10.1. The zero-order valence-corrected chi connectivity index (χ0v) is 22.1. The van der Waals surface area contributed by atoms with Gasteiger partial charge in [0, 0.05) is 11.1 Å². The summed E-state index contributed by atoms with van der Waals surface area (Å²) in [6, 6.07) is 17.2. The van der Waals surface area contributed by atoms with E-state index in [9.17, 15) is 18.0 Å². The minimum absolute atomic E-state index is 0.0255. The van der Waals surface area contributed by atoms with Crippen molar-refractivity contribution in [2.45, 2.75) is 42.8 Å². The standard InChI is InChI=1S/C28H28N4O6S/c1-37-25-16-18(27(33)31-39(35,36)21-9-3-2-4-10-21)11-13-22(25)26(29)32-17-30-23-14-12-19(15-24(23)32)28(34)38-20-7-5-6-8-20/h2-4,9-17,20,26H,5-8,29H2,1H3,(H,31,33). The van der Waals surface area contributed by atoms with E-state index in [1.165, 1.54) is 31.4 Å². The first-order valence-corrected chi connectivity index (χ1v) is 14.0. The molecule has 1 saturated carbocycles. The van der Waals surface area contributed by atoms with Crippen molar-refractivity contribution in [2.24, 2.45) is 5.73 Å². The van der Waals surface area contributed by atoms with E-state index >= 15 is 0 Å². The van der Waals surface area contributed by atoms with Gasteiger partial charge in [-0.3, -0.25) is 4.79 Å². The van der Waals surface area contributed by atoms with Crippen LogP contribution in [0.4, 0.5) is 0 Å². The Bertz CT molecular complexity index is 1630. The number of methoxy groups -OCH3 is 1. The Balaban J connectivity index is 1.39. The number of aromatic nitrogens is 2. The van der Waals surface area contributed by atoms with Crippen LogP contribution in [0.3, 0.4) is 0 Å². The van der Waals surface area contributed by atoms with Gasteiger partial charge in [-0.25, -0.2) is 22.9 Å². The summed E-state index contributed by atoms with van der Waals surface area (Å²) in [4.78, 5) is 29.9. The molecule has 1 aromatic heterocycles. The normalized spacial score (nSPS) is 14.7. The maximum Gasteiger partial charge on any atom is 0.338 e. The Labute approximate surface area is 225 Å². The van der Waals surface area contributed by atoms with Crippen LogP contribution in [-0.4, -0.2) is 43.1 Å². The lowest BCUT2D eigenvalue weighted by molar-refractivity contribution is 0.0318. The fraction of sp³-hybridized carbons (Fsp3) is 0.250. The number of carbonyl (C=O) groups excluding carboxylic acids is 2. The maximum atomic E-state index is 12.8. The van der Waals surface area contributed by atoms with Crippen LogP contribution in [0.15, 0.2) is 78.0 Å². The van der Waals surface area contributed by atoms with Gasteiger partial charge in [0.15, 0.2) is 0 Å². The molecule has 0 radical (unpaired) electrons. The van der Waals surface area contributed by atoms with Gasteiger partial charge in [-0.1, -0.05) is 24.3 Å². The highest BCUT2D eigenvalue weighted by atomic mass is 32.2. The second-order valence-electron chi connectivity index (χ2n) is 9.32. The molecule has 1 unspecified atom stereocenters. The first-order valence-electron chi connectivity index (χ1n) is 12.5. The monoisotopic (exact) mass is 548 g/mol. The number of imidazole rings is 1. The van der Waals surface area contributed by atoms with E-state index in [1.54, 1.807) is 53.4 Å². The molecule has 3 aromatic carbocycles. The number of carbonyl (C=O) groups is 2. The average molecular weight is 549 g/mol. The molecule has 5 rings (SSSR count). The first kappa shape index (κ1) is 26.4. The summed E-state index contributed by atoms with van der Waals surface area (Å²) in [5.41, 5.74) is 8.87. The number of hydrogen-bond donors (Lipinski definition) is 2. The van der Waals surface area contributed by atoms with Gasteiger partial charge in [-0.15, -0.1) is 0 Å². The van der Waals surface area contributed by atoms with E-state index in [0.717, 1.165) is 25.7 Å². The molecule has 0 spiro atoms. The molecule has 1 amide bonds. The van der Waals surface area contributed by atoms with Gasteiger partial charge in [0.2, 0.25) is 0 Å². The van der Waals surface area contributed by atoms with Gasteiger partial charge in [-0.05, 0) is 68.1 Å². The van der Waals surface area contributed by atoms with Crippen molar-refractivity contribution in [1.82, 2.24) is 14.3 Å². The van der Waals surface area contributed by atoms with Crippen molar-refractivity contribution >= 4 is 32.9 Å². The number of rotatable bonds is 8. The van der Waals surface area contributed by atoms with Gasteiger partial charge in [0.05, 0.1) is 34.9 Å². The zero-order valence-electron chi connectivity index (χ0n) is 21.2. The Morgan fingerprint density at radius 2 is 1.74 bits per heavy atom. The molecule has 1 aliphatic carbocycles. The third kappa shape index (κ3) is 5.50. The summed E-state index contributed by atoms with van der Waals surface area (Å²) >= 11 is 0. The van der Waals surface area contributed by atoms with Crippen molar-refractivity contribution < 1.29 is 27.5 Å². The lowest BCUT2D eigenvalue weighted by Crippen LogP contribution is -2.30. The van der Waals surface area contributed by atoms with Crippen LogP contribution in [-0.2, 0) is 14.8 Å². The molecule has 0 bridgehead atoms. The molecule has 1 aliphatic rings. The van der Waals surface area contributed by atoms with Gasteiger partial charge >= 0.3 is 5.97 Å². The van der Waals surface area contributed by atoms with E-state index < -0.39 is 22.1 Å². The van der Waals surface area contributed by atoms with Crippen LogP contribution >= 0.6 is 0 Å². The molecule has 39 heavy (non-hydrogen) atoms. The molecule has 3 N–H and O–H groups in total. The van der Waals surface area contributed by atoms with Crippen molar-refractivity contribution in [2.75, 3.05) is 7.11 Å². The molecule has 1 heterocycles. The third-order valence-corrected chi connectivity index (χ3v) is 8.13. The fourth-order valence-corrected chi connectivity index (χ4v) is 5.68. The zero-order chi connectivity index (χ0) is 27.6. The van der Waals surface area contributed by atoms with E-state index in [0.29, 0.717) is 22.2 Å². The Kier molecular flexibility index (Phi) is 7.36. The smallest absolute Gasteiger partial charge is 0.338 e. The highest BCUT2D eigenvalue weighted by Gasteiger charge is 2.23. The number of benzene rings is 3. The molecular weight excluding hydrogens is 520 g/mol. The van der Waals surface area contributed by atoms with Gasteiger partial charge in [0.1, 0.15) is 18.0 Å². The minimum atomic E-state index is -4.05. The van der Waals surface area contributed by atoms with E-state index in [1.807, 2.05) is 0 Å². The number of nitrogens with one attached hydrogen (secondary N) is 1. The molecule has 1 atom stereocenters. The summed E-state index contributed by atoms with van der Waals surface area (Å²) in [5, 5.41) is 0. The Morgan fingerprint density at radius 1 is 1.03 bits per heavy atom. The van der Waals surface area contributed by atoms with Crippen molar-refractivity contribution in [1.29, 1.82) is 0 Å². The molecule has 1 fully saturated rings. The number of hydrogen-bond acceptors (Lipinski definition) is 8. The van der Waals surface area contributed by atoms with Crippen molar-refractivity contribution in [3.05, 3.63) is 89.7 Å². The predicted octanol–water partition coefficient (Wildman–Crippen LogP) is 3.77. The number of nitrogens with zero attached hydrogens (tertiary/aromatic N) is 2. The highest BCUT2D eigenvalue weighted by Crippen LogP contribution is 2.30. The average Bonchev–Trinajstić information content (AvgIpc) is 3.62. The van der Waals surface area contributed by atoms with Crippen LogP contribution in [0.1, 0.15) is 58.1 Å². The topological polar surface area (TPSA) is 143 Å². The summed E-state index contributed by atoms with van der Waals surface area (Å²) in [6.45, 7) is 0. The van der Waals surface area contributed by atoms with Gasteiger partial charge in [-0.2, -0.15) is 0 Å². The summed E-state index contributed by atoms with van der Waals surface area (Å²) < 4.78 is 40.0. The second-order valence-corrected chi connectivity index (χ2v) is 11.0. The summed E-state index contributed by atoms with van der Waals surface area (Å²) in [7, 11) is -2.62. The first-order chi connectivity index (χ1) is 18.8. The third-order valence-electron chi connectivity index (χ3n) is 6.78. The minimum Gasteiger partial charge on any atom is -0.496 e. The number of esters is 1. The van der Waals surface area contributed by atoms with Crippen LogP contribution in [0, 0.1) is 0 Å². The number of amides is 1. The molecule has 0 aliphatic heterocycles. The highest BCUT2D eigenvalue weighted by molar-refractivity contribution is 7.90. The molecule has 4 aromatic rings. The quantitative estimate of drug-likeness (QED) is 0.317. The van der Waals surface area contributed by atoms with Crippen LogP contribution in [0.25, 0.3) is 11.0 Å². The van der Waals surface area contributed by atoms with E-state index in [4.69, 9.17) is 15.2 Å². The predicted molar refractivity (Wildman–Crippen MR) is 144 cm³/mol. The second kappa shape index (κ2) is 10.9. The number of fused-ring (bicyclic) bond motifs is 1. The summed E-state index contributed by atoms with van der Waals surface area (Å²) in [6.07, 6.45) is 4.60. The lowest BCUT2D eigenvalue weighted by Gasteiger charge is -2.19. The van der Waals surface area contributed by atoms with E-state index in [-0.39, 0.29) is 28.3 Å². The fourth-order valence-electron chi connectivity index (χ4n) is 4.69. The number of ether oxygens (including phenoxy) is 2. The molecule has 11 heteroatoms. The largest absolute Gasteiger partial charge is 0.496 e. The van der Waals surface area contributed by atoms with Gasteiger partial charge < -0.3 is 19.8 Å². The van der Waals surface area contributed by atoms with Crippen LogP contribution in [0.2, 0.25) is 0 Å². The van der Waals surface area contributed by atoms with E-state index in [2.05, 4.69) is 9.71 Å². The Morgan fingerprint density at radius 3 is 2.46 bits per heavy atom. The van der Waals surface area contributed by atoms with Gasteiger partial charge in [0.25, 0.3) is 15.9 Å². The molecule has 10 nitrogen and oxygen atoms in total.